The molecule has 0 radical (unpaired) electrons. The van der Waals surface area contributed by atoms with Crippen molar-refractivity contribution in [1.29, 1.82) is 0 Å². The van der Waals surface area contributed by atoms with Crippen LogP contribution < -0.4 is 14.2 Å². The minimum Gasteiger partial charge on any atom is -0.478 e. The predicted molar refractivity (Wildman–Crippen MR) is 208 cm³/mol. The maximum atomic E-state index is 14.8. The van der Waals surface area contributed by atoms with E-state index in [-0.39, 0.29) is 67.2 Å². The standard InChI is InChI=1S/C41H54ClN3O9S/c1-6-16-52-36-19-32-30(12-9-13-33(32)42)38(43-36)54-28-18-34-35(46)22-41(40(49)44-55(50,51)29-14-15-29)21-27(41)11-8-7-10-25(4)17-26(5)31(39(48)45(34)23-28)20-37(47)53-24(2)3/h8-9,11-13,19,24-29,31,34H,6-7,10,14-18,20-23H2,1-5H3,(H,44,49)/b11-8-/t25-,26-,27-,28-,31+,34+,41-/m1/s1. The molecule has 300 valence electrons. The number of Topliss-reactive ketones (excluding diaryl/α,β-unsaturated/α-hetero) is 1. The lowest BCUT2D eigenvalue weighted by Crippen LogP contribution is -2.47. The molecule has 3 heterocycles. The largest absolute Gasteiger partial charge is 0.478 e. The van der Waals surface area contributed by atoms with Crippen molar-refractivity contribution in [3.05, 3.63) is 41.4 Å². The van der Waals surface area contributed by atoms with Gasteiger partial charge in [0.15, 0.2) is 5.78 Å². The number of hydrogen-bond acceptors (Lipinski definition) is 10. The molecule has 6 rings (SSSR count). The summed E-state index contributed by atoms with van der Waals surface area (Å²) in [5.41, 5.74) is -1.26. The van der Waals surface area contributed by atoms with Gasteiger partial charge in [0.1, 0.15) is 6.10 Å². The van der Waals surface area contributed by atoms with Gasteiger partial charge in [-0.3, -0.25) is 23.9 Å². The Morgan fingerprint density at radius 3 is 2.58 bits per heavy atom. The highest BCUT2D eigenvalue weighted by atomic mass is 35.5. The van der Waals surface area contributed by atoms with Crippen LogP contribution in [-0.2, 0) is 33.9 Å². The molecule has 1 N–H and O–H groups in total. The number of nitrogens with one attached hydrogen (secondary N) is 1. The predicted octanol–water partition coefficient (Wildman–Crippen LogP) is 6.57. The van der Waals surface area contributed by atoms with Gasteiger partial charge < -0.3 is 19.1 Å². The average Bonchev–Trinajstić information content (AvgIpc) is 4.04. The molecule has 0 bridgehead atoms. The van der Waals surface area contributed by atoms with Crippen molar-refractivity contribution in [3.8, 4) is 11.8 Å². The van der Waals surface area contributed by atoms with Crippen LogP contribution in [0, 0.1) is 29.1 Å². The molecule has 4 aliphatic rings. The normalized spacial score (nSPS) is 29.5. The number of carbonyl (C=O) groups excluding carboxylic acids is 4. The highest BCUT2D eigenvalue weighted by Crippen LogP contribution is 2.57. The first-order valence-electron chi connectivity index (χ1n) is 19.8. The van der Waals surface area contributed by atoms with E-state index in [2.05, 4.69) is 16.6 Å². The van der Waals surface area contributed by atoms with Crippen LogP contribution in [-0.4, -0.2) is 78.5 Å². The van der Waals surface area contributed by atoms with Crippen molar-refractivity contribution in [2.45, 2.75) is 122 Å². The van der Waals surface area contributed by atoms with Crippen LogP contribution in [0.3, 0.4) is 0 Å². The highest BCUT2D eigenvalue weighted by Gasteiger charge is 2.61. The SMILES string of the molecule is CCCOc1cc2c(Cl)cccc2c(O[C@@H]2C[C@H]3C(=O)C[C@]4(C(=O)NS(=O)(=O)C5CC5)C[C@H]4/C=C\CC[C@@H](C)C[C@@H](C)[C@H](CC(=O)OC(C)C)C(=O)N3C2)n1. The molecular weight excluding hydrogens is 746 g/mol. The van der Waals surface area contributed by atoms with Crippen molar-refractivity contribution in [3.63, 3.8) is 0 Å². The topological polar surface area (TPSA) is 158 Å². The lowest BCUT2D eigenvalue weighted by molar-refractivity contribution is -0.154. The van der Waals surface area contributed by atoms with Gasteiger partial charge in [0.05, 0.1) is 48.3 Å². The molecule has 0 spiro atoms. The van der Waals surface area contributed by atoms with Gasteiger partial charge >= 0.3 is 5.97 Å². The van der Waals surface area contributed by atoms with E-state index >= 15 is 0 Å². The third kappa shape index (κ3) is 9.47. The average molecular weight is 800 g/mol. The lowest BCUT2D eigenvalue weighted by atomic mass is 9.82. The Labute approximate surface area is 329 Å². The third-order valence-electron chi connectivity index (χ3n) is 11.4. The molecule has 12 nitrogen and oxygen atoms in total. The van der Waals surface area contributed by atoms with Crippen molar-refractivity contribution >= 4 is 56.0 Å². The summed E-state index contributed by atoms with van der Waals surface area (Å²) >= 11 is 6.60. The number of sulfonamides is 1. The molecule has 2 aliphatic heterocycles. The molecule has 7 atom stereocenters. The van der Waals surface area contributed by atoms with E-state index in [0.29, 0.717) is 54.0 Å². The summed E-state index contributed by atoms with van der Waals surface area (Å²) in [6, 6.07) is 6.13. The number of allylic oxidation sites excluding steroid dienone is 2. The van der Waals surface area contributed by atoms with Gasteiger partial charge in [0.25, 0.3) is 0 Å². The number of rotatable bonds is 11. The number of fused-ring (bicyclic) bond motifs is 3. The van der Waals surface area contributed by atoms with E-state index < -0.39 is 50.6 Å². The molecule has 14 heteroatoms. The van der Waals surface area contributed by atoms with E-state index in [1.165, 1.54) is 4.90 Å². The first-order valence-corrected chi connectivity index (χ1v) is 21.7. The zero-order valence-electron chi connectivity index (χ0n) is 32.4. The van der Waals surface area contributed by atoms with Crippen LogP contribution in [0.4, 0.5) is 0 Å². The van der Waals surface area contributed by atoms with Crippen LogP contribution in [0.2, 0.25) is 5.02 Å². The van der Waals surface area contributed by atoms with Crippen molar-refractivity contribution in [1.82, 2.24) is 14.6 Å². The van der Waals surface area contributed by atoms with Gasteiger partial charge in [-0.25, -0.2) is 8.42 Å². The van der Waals surface area contributed by atoms with Crippen molar-refractivity contribution < 1.29 is 41.8 Å². The molecule has 1 aromatic heterocycles. The number of amides is 2. The third-order valence-corrected chi connectivity index (χ3v) is 13.6. The van der Waals surface area contributed by atoms with Crippen LogP contribution >= 0.6 is 11.6 Å². The molecule has 2 aromatic rings. The molecule has 1 saturated heterocycles. The maximum Gasteiger partial charge on any atom is 0.306 e. The van der Waals surface area contributed by atoms with E-state index in [1.54, 1.807) is 32.0 Å². The summed E-state index contributed by atoms with van der Waals surface area (Å²) in [5, 5.41) is 1.19. The number of esters is 1. The molecule has 2 aliphatic carbocycles. The Balaban J connectivity index is 1.36. The van der Waals surface area contributed by atoms with E-state index in [1.807, 2.05) is 32.1 Å². The van der Waals surface area contributed by atoms with Crippen LogP contribution in [0.15, 0.2) is 36.4 Å². The van der Waals surface area contributed by atoms with E-state index in [9.17, 15) is 27.6 Å². The number of benzene rings is 1. The van der Waals surface area contributed by atoms with Crippen molar-refractivity contribution in [2.24, 2.45) is 29.1 Å². The quantitative estimate of drug-likeness (QED) is 0.195. The Morgan fingerprint density at radius 1 is 1.11 bits per heavy atom. The molecule has 2 saturated carbocycles. The number of ketones is 1. The molecule has 55 heavy (non-hydrogen) atoms. The van der Waals surface area contributed by atoms with Gasteiger partial charge in [-0.05, 0) is 88.7 Å². The summed E-state index contributed by atoms with van der Waals surface area (Å²) in [6.07, 6.45) is 6.85. The minimum absolute atomic E-state index is 0.0234. The zero-order valence-corrected chi connectivity index (χ0v) is 34.0. The van der Waals surface area contributed by atoms with Crippen molar-refractivity contribution in [2.75, 3.05) is 13.2 Å². The van der Waals surface area contributed by atoms with Gasteiger partial charge in [0, 0.05) is 34.7 Å². The van der Waals surface area contributed by atoms with Crippen LogP contribution in [0.5, 0.6) is 11.8 Å². The first-order chi connectivity index (χ1) is 26.1. The molecular formula is C41H54ClN3O9S. The molecule has 2 amide bonds. The minimum atomic E-state index is -3.86. The summed E-state index contributed by atoms with van der Waals surface area (Å²) < 4.78 is 46.1. The number of halogens is 1. The van der Waals surface area contributed by atoms with E-state index in [0.717, 1.165) is 19.3 Å². The molecule has 3 fully saturated rings. The lowest BCUT2D eigenvalue weighted by Gasteiger charge is -2.32. The second-order valence-corrected chi connectivity index (χ2v) is 18.8. The Hall–Kier alpha value is -3.71. The zero-order chi connectivity index (χ0) is 39.7. The molecule has 1 aromatic carbocycles. The summed E-state index contributed by atoms with van der Waals surface area (Å²) in [4.78, 5) is 62.6. The summed E-state index contributed by atoms with van der Waals surface area (Å²) in [7, 11) is -3.86. The number of nitrogens with zero attached hydrogens (tertiary/aromatic N) is 2. The number of pyridine rings is 1. The fourth-order valence-corrected chi connectivity index (χ4v) is 9.81. The maximum absolute atomic E-state index is 14.8. The van der Waals surface area contributed by atoms with Gasteiger partial charge in [0.2, 0.25) is 33.6 Å². The number of aromatic nitrogens is 1. The Kier molecular flexibility index (Phi) is 12.5. The van der Waals surface area contributed by atoms with Gasteiger partial charge in [-0.15, -0.1) is 0 Å². The smallest absolute Gasteiger partial charge is 0.306 e. The second kappa shape index (κ2) is 16.8. The Bertz CT molecular complexity index is 1930. The monoisotopic (exact) mass is 799 g/mol. The van der Waals surface area contributed by atoms with E-state index in [4.69, 9.17) is 25.8 Å². The first kappa shape index (κ1) is 40.9. The Morgan fingerprint density at radius 2 is 1.87 bits per heavy atom. The number of ether oxygens (including phenoxy) is 3. The summed E-state index contributed by atoms with van der Waals surface area (Å²) in [5.74, 6) is -2.44. The fourth-order valence-electron chi connectivity index (χ4n) is 8.19. The fraction of sp³-hybridized carbons (Fsp3) is 0.634. The van der Waals surface area contributed by atoms with Crippen LogP contribution in [0.25, 0.3) is 10.8 Å². The summed E-state index contributed by atoms with van der Waals surface area (Å²) in [6.45, 7) is 10.0. The highest BCUT2D eigenvalue weighted by molar-refractivity contribution is 7.90. The van der Waals surface area contributed by atoms with Gasteiger partial charge in [-0.1, -0.05) is 50.6 Å². The molecule has 0 unspecified atom stereocenters. The number of hydrogen-bond donors (Lipinski definition) is 1. The number of carbonyl (C=O) groups is 4. The van der Waals surface area contributed by atoms with Gasteiger partial charge in [-0.2, -0.15) is 4.98 Å². The van der Waals surface area contributed by atoms with Crippen LogP contribution in [0.1, 0.15) is 98.8 Å². The second-order valence-electron chi connectivity index (χ2n) is 16.4.